The molecule has 22 heavy (non-hydrogen) atoms. The van der Waals surface area contributed by atoms with Gasteiger partial charge in [-0.3, -0.25) is 4.72 Å². The molecular weight excluding hydrogens is 304 g/mol. The Morgan fingerprint density at radius 3 is 2.27 bits per heavy atom. The average molecular weight is 320 g/mol. The maximum atomic E-state index is 12.3. The van der Waals surface area contributed by atoms with E-state index >= 15 is 0 Å². The Kier molecular flexibility index (Phi) is 4.37. The zero-order valence-corrected chi connectivity index (χ0v) is 13.0. The molecule has 2 aromatic carbocycles. The summed E-state index contributed by atoms with van der Waals surface area (Å²) >= 11 is 0. The smallest absolute Gasteiger partial charge is 0.335 e. The molecule has 0 fully saturated rings. The Morgan fingerprint density at radius 1 is 1.09 bits per heavy atom. The van der Waals surface area contributed by atoms with Crippen molar-refractivity contribution in [1.29, 1.82) is 0 Å². The van der Waals surface area contributed by atoms with Crippen molar-refractivity contribution in [2.75, 3.05) is 23.7 Å². The molecule has 6 nitrogen and oxygen atoms in total. The van der Waals surface area contributed by atoms with Gasteiger partial charge in [0.1, 0.15) is 0 Å². The van der Waals surface area contributed by atoms with Crippen molar-refractivity contribution in [3.8, 4) is 0 Å². The molecule has 7 heteroatoms. The minimum atomic E-state index is -3.76. The van der Waals surface area contributed by atoms with Gasteiger partial charge in [-0.05, 0) is 42.5 Å². The summed E-state index contributed by atoms with van der Waals surface area (Å²) in [7, 11) is -0.0410. The Hall–Kier alpha value is -2.54. The van der Waals surface area contributed by atoms with E-state index < -0.39 is 16.0 Å². The molecule has 116 valence electrons. The molecule has 0 aromatic heterocycles. The minimum Gasteiger partial charge on any atom is -0.478 e. The van der Waals surface area contributed by atoms with Crippen molar-refractivity contribution in [2.45, 2.75) is 4.90 Å². The molecule has 0 saturated carbocycles. The summed E-state index contributed by atoms with van der Waals surface area (Å²) in [5.41, 5.74) is 1.34. The number of nitrogens with one attached hydrogen (secondary N) is 1. The van der Waals surface area contributed by atoms with Gasteiger partial charge in [-0.15, -0.1) is 0 Å². The Bertz CT molecular complexity index is 783. The second kappa shape index (κ2) is 6.07. The molecule has 0 atom stereocenters. The van der Waals surface area contributed by atoms with Crippen LogP contribution < -0.4 is 9.62 Å². The molecule has 2 N–H and O–H groups in total. The summed E-state index contributed by atoms with van der Waals surface area (Å²) < 4.78 is 27.1. The predicted molar refractivity (Wildman–Crippen MR) is 85.0 cm³/mol. The highest BCUT2D eigenvalue weighted by Gasteiger charge is 2.15. The van der Waals surface area contributed by atoms with E-state index in [0.717, 1.165) is 5.69 Å². The van der Waals surface area contributed by atoms with Crippen molar-refractivity contribution < 1.29 is 18.3 Å². The molecule has 0 aliphatic carbocycles. The van der Waals surface area contributed by atoms with Gasteiger partial charge in [0, 0.05) is 19.8 Å². The lowest BCUT2D eigenvalue weighted by atomic mass is 10.2. The monoisotopic (exact) mass is 320 g/mol. The number of hydrogen-bond acceptors (Lipinski definition) is 4. The molecule has 0 heterocycles. The summed E-state index contributed by atoms with van der Waals surface area (Å²) in [4.78, 5) is 12.7. The number of rotatable bonds is 5. The number of anilines is 2. The fraction of sp³-hybridized carbons (Fsp3) is 0.133. The molecular formula is C15H16N2O4S. The van der Waals surface area contributed by atoms with Gasteiger partial charge in [0.2, 0.25) is 0 Å². The number of aromatic carboxylic acids is 1. The molecule has 0 saturated heterocycles. The second-order valence-corrected chi connectivity index (χ2v) is 6.56. The summed E-state index contributed by atoms with van der Waals surface area (Å²) in [6, 6.07) is 12.0. The number of hydrogen-bond donors (Lipinski definition) is 2. The normalized spacial score (nSPS) is 11.0. The first kappa shape index (κ1) is 15.8. The average Bonchev–Trinajstić information content (AvgIpc) is 2.47. The molecule has 0 aliphatic heterocycles. The Morgan fingerprint density at radius 2 is 1.73 bits per heavy atom. The molecule has 0 spiro atoms. The number of benzene rings is 2. The van der Waals surface area contributed by atoms with Crippen LogP contribution in [0.3, 0.4) is 0 Å². The van der Waals surface area contributed by atoms with Crippen LogP contribution in [0.15, 0.2) is 53.4 Å². The lowest BCUT2D eigenvalue weighted by molar-refractivity contribution is 0.0696. The fourth-order valence-corrected chi connectivity index (χ4v) is 2.89. The predicted octanol–water partition coefficient (Wildman–Crippen LogP) is 2.25. The maximum Gasteiger partial charge on any atom is 0.335 e. The van der Waals surface area contributed by atoms with Gasteiger partial charge in [0.15, 0.2) is 0 Å². The van der Waals surface area contributed by atoms with Gasteiger partial charge in [-0.2, -0.15) is 0 Å². The van der Waals surface area contributed by atoms with Gasteiger partial charge >= 0.3 is 5.97 Å². The van der Waals surface area contributed by atoms with Gasteiger partial charge in [0.05, 0.1) is 16.1 Å². The highest BCUT2D eigenvalue weighted by Crippen LogP contribution is 2.21. The van der Waals surface area contributed by atoms with E-state index in [1.807, 2.05) is 25.1 Å². The van der Waals surface area contributed by atoms with Crippen LogP contribution in [0.2, 0.25) is 0 Å². The van der Waals surface area contributed by atoms with E-state index in [2.05, 4.69) is 4.72 Å². The topological polar surface area (TPSA) is 86.7 Å². The van der Waals surface area contributed by atoms with Crippen LogP contribution in [0.5, 0.6) is 0 Å². The van der Waals surface area contributed by atoms with Crippen LogP contribution in [0.4, 0.5) is 11.4 Å². The minimum absolute atomic E-state index is 0.00718. The first-order valence-electron chi connectivity index (χ1n) is 6.43. The Labute approximate surface area is 129 Å². The first-order valence-corrected chi connectivity index (χ1v) is 7.91. The largest absolute Gasteiger partial charge is 0.478 e. The molecule has 0 unspecified atom stereocenters. The lowest BCUT2D eigenvalue weighted by Gasteiger charge is -2.14. The van der Waals surface area contributed by atoms with Crippen molar-refractivity contribution in [3.05, 3.63) is 54.1 Å². The van der Waals surface area contributed by atoms with Crippen LogP contribution in [0, 0.1) is 0 Å². The number of nitrogens with zero attached hydrogens (tertiary/aromatic N) is 1. The summed E-state index contributed by atoms with van der Waals surface area (Å²) in [6.07, 6.45) is 0. The summed E-state index contributed by atoms with van der Waals surface area (Å²) in [5, 5.41) is 8.83. The van der Waals surface area contributed by atoms with E-state index in [1.54, 1.807) is 18.2 Å². The zero-order chi connectivity index (χ0) is 16.3. The van der Waals surface area contributed by atoms with Crippen molar-refractivity contribution in [1.82, 2.24) is 0 Å². The van der Waals surface area contributed by atoms with E-state index in [9.17, 15) is 13.2 Å². The third-order valence-electron chi connectivity index (χ3n) is 3.03. The molecule has 0 amide bonds. The quantitative estimate of drug-likeness (QED) is 0.882. The highest BCUT2D eigenvalue weighted by atomic mass is 32.2. The summed E-state index contributed by atoms with van der Waals surface area (Å²) in [5.74, 6) is -1.10. The van der Waals surface area contributed by atoms with Crippen molar-refractivity contribution >= 4 is 27.4 Å². The highest BCUT2D eigenvalue weighted by molar-refractivity contribution is 7.92. The first-order chi connectivity index (χ1) is 10.3. The van der Waals surface area contributed by atoms with E-state index in [0.29, 0.717) is 5.69 Å². The summed E-state index contributed by atoms with van der Waals surface area (Å²) in [6.45, 7) is 0. The van der Waals surface area contributed by atoms with Gasteiger partial charge < -0.3 is 10.0 Å². The molecule has 2 rings (SSSR count). The van der Waals surface area contributed by atoms with Crippen molar-refractivity contribution in [3.63, 3.8) is 0 Å². The molecule has 0 aliphatic rings. The Balaban J connectivity index is 2.27. The molecule has 2 aromatic rings. The van der Waals surface area contributed by atoms with Crippen LogP contribution in [0.25, 0.3) is 0 Å². The van der Waals surface area contributed by atoms with E-state index in [1.165, 1.54) is 24.3 Å². The lowest BCUT2D eigenvalue weighted by Crippen LogP contribution is -2.14. The standard InChI is InChI=1S/C15H16N2O4S/c1-17(2)13-5-3-4-12(10-13)16-22(20,21)14-8-6-11(7-9-14)15(18)19/h3-10,16H,1-2H3,(H,18,19). The molecule has 0 radical (unpaired) electrons. The molecule has 0 bridgehead atoms. The SMILES string of the molecule is CN(C)c1cccc(NS(=O)(=O)c2ccc(C(=O)O)cc2)c1. The third kappa shape index (κ3) is 3.56. The maximum absolute atomic E-state index is 12.3. The van der Waals surface area contributed by atoms with Crippen LogP contribution in [-0.2, 0) is 10.0 Å². The number of carboxylic acids is 1. The third-order valence-corrected chi connectivity index (χ3v) is 4.42. The van der Waals surface area contributed by atoms with Crippen LogP contribution in [0.1, 0.15) is 10.4 Å². The number of carbonyl (C=O) groups is 1. The zero-order valence-electron chi connectivity index (χ0n) is 12.1. The number of sulfonamides is 1. The van der Waals surface area contributed by atoms with Crippen LogP contribution >= 0.6 is 0 Å². The number of carboxylic acid groups (broad SMARTS) is 1. The second-order valence-electron chi connectivity index (χ2n) is 4.88. The van der Waals surface area contributed by atoms with E-state index in [4.69, 9.17) is 5.11 Å². The van der Waals surface area contributed by atoms with Crippen LogP contribution in [-0.4, -0.2) is 33.6 Å². The van der Waals surface area contributed by atoms with Gasteiger partial charge in [-0.1, -0.05) is 6.07 Å². The van der Waals surface area contributed by atoms with Gasteiger partial charge in [0.25, 0.3) is 10.0 Å². The van der Waals surface area contributed by atoms with Gasteiger partial charge in [-0.25, -0.2) is 13.2 Å². The fourth-order valence-electron chi connectivity index (χ4n) is 1.84. The van der Waals surface area contributed by atoms with E-state index in [-0.39, 0.29) is 10.5 Å². The van der Waals surface area contributed by atoms with Crippen molar-refractivity contribution in [2.24, 2.45) is 0 Å².